The highest BCUT2D eigenvalue weighted by molar-refractivity contribution is 5.89. The SMILES string of the molecule is CCCCOC(C(=O)N1Cc2ccc(OC)c(OCc3ccccc3)c2CC1C(=O)OCC)c1ccccc1. The predicted octanol–water partition coefficient (Wildman–Crippen LogP) is 5.65. The van der Waals surface area contributed by atoms with Gasteiger partial charge in [0.1, 0.15) is 12.6 Å². The minimum atomic E-state index is -0.822. The molecule has 206 valence electrons. The van der Waals surface area contributed by atoms with Crippen LogP contribution in [0, 0.1) is 0 Å². The topological polar surface area (TPSA) is 74.3 Å². The number of esters is 1. The first-order valence-corrected chi connectivity index (χ1v) is 13.6. The van der Waals surface area contributed by atoms with E-state index in [1.165, 1.54) is 0 Å². The minimum Gasteiger partial charge on any atom is -0.493 e. The average molecular weight is 532 g/mol. The van der Waals surface area contributed by atoms with Gasteiger partial charge in [-0.3, -0.25) is 4.79 Å². The van der Waals surface area contributed by atoms with E-state index in [0.29, 0.717) is 24.7 Å². The Hall–Kier alpha value is -3.84. The lowest BCUT2D eigenvalue weighted by Crippen LogP contribution is -2.51. The lowest BCUT2D eigenvalue weighted by molar-refractivity contribution is -0.161. The summed E-state index contributed by atoms with van der Waals surface area (Å²) in [7, 11) is 1.59. The van der Waals surface area contributed by atoms with Crippen LogP contribution in [0.1, 0.15) is 55.0 Å². The molecule has 0 fully saturated rings. The van der Waals surface area contributed by atoms with Crippen molar-refractivity contribution in [3.8, 4) is 11.5 Å². The zero-order valence-corrected chi connectivity index (χ0v) is 22.9. The molecule has 39 heavy (non-hydrogen) atoms. The lowest BCUT2D eigenvalue weighted by Gasteiger charge is -2.38. The number of amides is 1. The molecule has 0 saturated heterocycles. The van der Waals surface area contributed by atoms with Gasteiger partial charge in [-0.1, -0.05) is 80.1 Å². The van der Waals surface area contributed by atoms with E-state index in [1.807, 2.05) is 72.8 Å². The van der Waals surface area contributed by atoms with Crippen LogP contribution in [-0.4, -0.2) is 43.1 Å². The van der Waals surface area contributed by atoms with Gasteiger partial charge >= 0.3 is 5.97 Å². The number of benzene rings is 3. The molecule has 2 atom stereocenters. The molecule has 1 amide bonds. The van der Waals surface area contributed by atoms with Crippen LogP contribution in [0.2, 0.25) is 0 Å². The highest BCUT2D eigenvalue weighted by Gasteiger charge is 2.40. The molecule has 1 aliphatic heterocycles. The summed E-state index contributed by atoms with van der Waals surface area (Å²) in [6, 6.07) is 22.3. The fourth-order valence-corrected chi connectivity index (χ4v) is 4.78. The van der Waals surface area contributed by atoms with Gasteiger partial charge in [0.25, 0.3) is 5.91 Å². The van der Waals surface area contributed by atoms with Crippen LogP contribution in [0.4, 0.5) is 0 Å². The van der Waals surface area contributed by atoms with Gasteiger partial charge in [-0.25, -0.2) is 4.79 Å². The summed E-state index contributed by atoms with van der Waals surface area (Å²) in [5.74, 6) is 0.452. The highest BCUT2D eigenvalue weighted by Crippen LogP contribution is 2.40. The Kier molecular flexibility index (Phi) is 9.97. The van der Waals surface area contributed by atoms with Crippen molar-refractivity contribution in [2.75, 3.05) is 20.3 Å². The van der Waals surface area contributed by atoms with Crippen molar-refractivity contribution in [1.29, 1.82) is 0 Å². The van der Waals surface area contributed by atoms with Crippen LogP contribution < -0.4 is 9.47 Å². The number of carbonyl (C=O) groups is 2. The van der Waals surface area contributed by atoms with Crippen LogP contribution in [0.15, 0.2) is 72.8 Å². The second-order valence-corrected chi connectivity index (χ2v) is 9.46. The van der Waals surface area contributed by atoms with Crippen LogP contribution in [0.3, 0.4) is 0 Å². The van der Waals surface area contributed by atoms with Crippen molar-refractivity contribution >= 4 is 11.9 Å². The van der Waals surface area contributed by atoms with Crippen LogP contribution in [0.5, 0.6) is 11.5 Å². The van der Waals surface area contributed by atoms with Gasteiger partial charge in [0.05, 0.1) is 13.7 Å². The molecule has 0 N–H and O–H groups in total. The standard InChI is InChI=1S/C32H37NO6/c1-4-6-19-38-29(24-15-11-8-12-16-24)31(34)33-21-25-17-18-28(36-3)30(39-22-23-13-9-7-10-14-23)26(25)20-27(33)32(35)37-5-2/h7-18,27,29H,4-6,19-22H2,1-3H3. The predicted molar refractivity (Wildman–Crippen MR) is 148 cm³/mol. The van der Waals surface area contributed by atoms with Gasteiger partial charge in [-0.15, -0.1) is 0 Å². The Bertz CT molecular complexity index is 1230. The fraction of sp³-hybridized carbons (Fsp3) is 0.375. The number of carbonyl (C=O) groups excluding carboxylic acids is 2. The first-order valence-electron chi connectivity index (χ1n) is 13.6. The summed E-state index contributed by atoms with van der Waals surface area (Å²) >= 11 is 0. The molecule has 7 heteroatoms. The van der Waals surface area contributed by atoms with E-state index < -0.39 is 18.1 Å². The maximum absolute atomic E-state index is 14.1. The molecule has 4 rings (SSSR count). The summed E-state index contributed by atoms with van der Waals surface area (Å²) < 4.78 is 23.5. The molecule has 0 spiro atoms. The zero-order valence-electron chi connectivity index (χ0n) is 22.9. The van der Waals surface area contributed by atoms with E-state index in [2.05, 4.69) is 6.92 Å². The molecular formula is C32H37NO6. The number of ether oxygens (including phenoxy) is 4. The molecule has 1 aliphatic rings. The summed E-state index contributed by atoms with van der Waals surface area (Å²) in [6.45, 7) is 5.08. The van der Waals surface area contributed by atoms with Crippen molar-refractivity contribution in [2.24, 2.45) is 0 Å². The Morgan fingerprint density at radius 3 is 2.36 bits per heavy atom. The summed E-state index contributed by atoms with van der Waals surface area (Å²) in [5, 5.41) is 0. The quantitative estimate of drug-likeness (QED) is 0.222. The third kappa shape index (κ3) is 6.79. The number of nitrogens with zero attached hydrogens (tertiary/aromatic N) is 1. The highest BCUT2D eigenvalue weighted by atomic mass is 16.5. The minimum absolute atomic E-state index is 0.217. The number of hydrogen-bond donors (Lipinski definition) is 0. The first kappa shape index (κ1) is 28.2. The van der Waals surface area contributed by atoms with E-state index in [-0.39, 0.29) is 25.5 Å². The van der Waals surface area contributed by atoms with Crippen molar-refractivity contribution in [3.05, 3.63) is 95.1 Å². The smallest absolute Gasteiger partial charge is 0.329 e. The maximum Gasteiger partial charge on any atom is 0.329 e. The molecular weight excluding hydrogens is 494 g/mol. The largest absolute Gasteiger partial charge is 0.493 e. The average Bonchev–Trinajstić information content (AvgIpc) is 2.98. The molecule has 7 nitrogen and oxygen atoms in total. The van der Waals surface area contributed by atoms with E-state index in [4.69, 9.17) is 18.9 Å². The Morgan fingerprint density at radius 2 is 1.69 bits per heavy atom. The number of fused-ring (bicyclic) bond motifs is 1. The Balaban J connectivity index is 1.69. The number of unbranched alkanes of at least 4 members (excludes halogenated alkanes) is 1. The van der Waals surface area contributed by atoms with Crippen LogP contribution in [0.25, 0.3) is 0 Å². The lowest BCUT2D eigenvalue weighted by atomic mass is 9.91. The molecule has 0 radical (unpaired) electrons. The zero-order chi connectivity index (χ0) is 27.6. The molecule has 0 bridgehead atoms. The second-order valence-electron chi connectivity index (χ2n) is 9.46. The number of methoxy groups -OCH3 is 1. The molecule has 3 aromatic carbocycles. The molecule has 2 unspecified atom stereocenters. The van der Waals surface area contributed by atoms with E-state index >= 15 is 0 Å². The molecule has 0 aromatic heterocycles. The first-order chi connectivity index (χ1) is 19.1. The molecule has 1 heterocycles. The van der Waals surface area contributed by atoms with Crippen LogP contribution in [-0.2, 0) is 38.6 Å². The monoisotopic (exact) mass is 531 g/mol. The summed E-state index contributed by atoms with van der Waals surface area (Å²) in [4.78, 5) is 28.9. The van der Waals surface area contributed by atoms with Gasteiger partial charge in [-0.2, -0.15) is 0 Å². The van der Waals surface area contributed by atoms with Gasteiger partial charge < -0.3 is 23.8 Å². The third-order valence-corrected chi connectivity index (χ3v) is 6.83. The Labute approximate surface area is 230 Å². The summed E-state index contributed by atoms with van der Waals surface area (Å²) in [5.41, 5.74) is 3.51. The van der Waals surface area contributed by atoms with Crippen molar-refractivity contribution in [3.63, 3.8) is 0 Å². The molecule has 3 aromatic rings. The van der Waals surface area contributed by atoms with E-state index in [0.717, 1.165) is 35.1 Å². The fourth-order valence-electron chi connectivity index (χ4n) is 4.78. The molecule has 0 saturated carbocycles. The van der Waals surface area contributed by atoms with Crippen molar-refractivity contribution < 1.29 is 28.5 Å². The Morgan fingerprint density at radius 1 is 0.974 bits per heavy atom. The van der Waals surface area contributed by atoms with Gasteiger partial charge in [0, 0.05) is 25.1 Å². The van der Waals surface area contributed by atoms with Gasteiger partial charge in [0.2, 0.25) is 0 Å². The number of rotatable bonds is 12. The maximum atomic E-state index is 14.1. The van der Waals surface area contributed by atoms with Crippen molar-refractivity contribution in [1.82, 2.24) is 4.90 Å². The normalized spacial score (nSPS) is 15.3. The van der Waals surface area contributed by atoms with E-state index in [1.54, 1.807) is 18.9 Å². The van der Waals surface area contributed by atoms with Gasteiger partial charge in [0.15, 0.2) is 17.6 Å². The van der Waals surface area contributed by atoms with Gasteiger partial charge in [-0.05, 0) is 36.1 Å². The third-order valence-electron chi connectivity index (χ3n) is 6.83. The molecule has 0 aliphatic carbocycles. The second kappa shape index (κ2) is 13.8. The summed E-state index contributed by atoms with van der Waals surface area (Å²) in [6.07, 6.45) is 1.22. The number of hydrogen-bond acceptors (Lipinski definition) is 6. The van der Waals surface area contributed by atoms with Crippen LogP contribution >= 0.6 is 0 Å². The van der Waals surface area contributed by atoms with Crippen molar-refractivity contribution in [2.45, 2.75) is 58.4 Å². The van der Waals surface area contributed by atoms with E-state index in [9.17, 15) is 9.59 Å².